The minimum atomic E-state index is -0.283. The SMILES string of the molecule is C=CCNC(=O)c1ccccc1NC(=O)Cc1csc(N2CCCC2=O)n1. The molecule has 2 N–H and O–H groups in total. The van der Waals surface area contributed by atoms with E-state index < -0.39 is 0 Å². The zero-order valence-electron chi connectivity index (χ0n) is 14.7. The van der Waals surface area contributed by atoms with Crippen LogP contribution in [0.2, 0.25) is 0 Å². The van der Waals surface area contributed by atoms with E-state index >= 15 is 0 Å². The van der Waals surface area contributed by atoms with Crippen LogP contribution in [0.25, 0.3) is 0 Å². The molecule has 140 valence electrons. The number of hydrogen-bond acceptors (Lipinski definition) is 5. The zero-order valence-corrected chi connectivity index (χ0v) is 15.6. The summed E-state index contributed by atoms with van der Waals surface area (Å²) >= 11 is 1.36. The van der Waals surface area contributed by atoms with Crippen LogP contribution in [0.3, 0.4) is 0 Å². The highest BCUT2D eigenvalue weighted by Crippen LogP contribution is 2.25. The normalized spacial score (nSPS) is 13.5. The summed E-state index contributed by atoms with van der Waals surface area (Å²) in [5.41, 5.74) is 1.42. The molecule has 1 fully saturated rings. The standard InChI is InChI=1S/C19H20N4O3S/c1-2-9-20-18(26)14-6-3-4-7-15(14)22-16(24)11-13-12-27-19(21-13)23-10-5-8-17(23)25/h2-4,6-7,12H,1,5,8-11H2,(H,20,26)(H,22,24). The van der Waals surface area contributed by atoms with Gasteiger partial charge in [0.2, 0.25) is 11.8 Å². The molecule has 27 heavy (non-hydrogen) atoms. The molecule has 1 aromatic carbocycles. The van der Waals surface area contributed by atoms with Crippen molar-refractivity contribution in [3.8, 4) is 0 Å². The van der Waals surface area contributed by atoms with Gasteiger partial charge in [-0.25, -0.2) is 4.98 Å². The Morgan fingerprint density at radius 3 is 2.89 bits per heavy atom. The molecule has 3 rings (SSSR count). The van der Waals surface area contributed by atoms with Gasteiger partial charge in [0, 0.05) is 24.9 Å². The van der Waals surface area contributed by atoms with Crippen LogP contribution >= 0.6 is 11.3 Å². The van der Waals surface area contributed by atoms with Crippen LogP contribution in [-0.2, 0) is 16.0 Å². The minimum absolute atomic E-state index is 0.0693. The number of nitrogens with zero attached hydrogens (tertiary/aromatic N) is 2. The molecule has 2 aromatic rings. The molecule has 1 saturated heterocycles. The van der Waals surface area contributed by atoms with Crippen LogP contribution in [-0.4, -0.2) is 35.8 Å². The molecule has 3 amide bonds. The summed E-state index contributed by atoms with van der Waals surface area (Å²) < 4.78 is 0. The van der Waals surface area contributed by atoms with Gasteiger partial charge in [0.05, 0.1) is 23.4 Å². The molecule has 0 aliphatic carbocycles. The lowest BCUT2D eigenvalue weighted by atomic mass is 10.1. The van der Waals surface area contributed by atoms with Gasteiger partial charge in [-0.1, -0.05) is 18.2 Å². The Kier molecular flexibility index (Phi) is 5.97. The number of hydrogen-bond donors (Lipinski definition) is 2. The number of carbonyl (C=O) groups excluding carboxylic acids is 3. The maximum atomic E-state index is 12.4. The largest absolute Gasteiger partial charge is 0.349 e. The zero-order chi connectivity index (χ0) is 19.2. The van der Waals surface area contributed by atoms with Gasteiger partial charge < -0.3 is 10.6 Å². The van der Waals surface area contributed by atoms with Crippen molar-refractivity contribution < 1.29 is 14.4 Å². The second kappa shape index (κ2) is 8.59. The quantitative estimate of drug-likeness (QED) is 0.717. The van der Waals surface area contributed by atoms with Crippen molar-refractivity contribution in [2.45, 2.75) is 19.3 Å². The first-order valence-corrected chi connectivity index (χ1v) is 9.49. The van der Waals surface area contributed by atoms with Crippen molar-refractivity contribution in [2.24, 2.45) is 0 Å². The van der Waals surface area contributed by atoms with Crippen molar-refractivity contribution in [2.75, 3.05) is 23.3 Å². The van der Waals surface area contributed by atoms with E-state index in [1.807, 2.05) is 0 Å². The molecular weight excluding hydrogens is 364 g/mol. The molecule has 0 unspecified atom stereocenters. The number of carbonyl (C=O) groups is 3. The Morgan fingerprint density at radius 2 is 2.15 bits per heavy atom. The van der Waals surface area contributed by atoms with E-state index in [1.54, 1.807) is 40.6 Å². The van der Waals surface area contributed by atoms with Crippen LogP contribution in [0.15, 0.2) is 42.3 Å². The average molecular weight is 384 g/mol. The number of para-hydroxylation sites is 1. The number of aromatic nitrogens is 1. The summed E-state index contributed by atoms with van der Waals surface area (Å²) in [6.45, 7) is 4.58. The van der Waals surface area contributed by atoms with Gasteiger partial charge in [-0.15, -0.1) is 17.9 Å². The van der Waals surface area contributed by atoms with Crippen molar-refractivity contribution in [1.29, 1.82) is 0 Å². The van der Waals surface area contributed by atoms with E-state index in [9.17, 15) is 14.4 Å². The van der Waals surface area contributed by atoms with Crippen molar-refractivity contribution >= 4 is 39.9 Å². The summed E-state index contributed by atoms with van der Waals surface area (Å²) in [6, 6.07) is 6.81. The van der Waals surface area contributed by atoms with Gasteiger partial charge in [0.25, 0.3) is 5.91 Å². The Hall–Kier alpha value is -3.00. The summed E-state index contributed by atoms with van der Waals surface area (Å²) in [6.07, 6.45) is 3.03. The Balaban J connectivity index is 1.65. The number of thiazole rings is 1. The second-order valence-electron chi connectivity index (χ2n) is 6.04. The topological polar surface area (TPSA) is 91.4 Å². The highest BCUT2D eigenvalue weighted by atomic mass is 32.1. The number of amides is 3. The van der Waals surface area contributed by atoms with Crippen LogP contribution in [0.5, 0.6) is 0 Å². The maximum absolute atomic E-state index is 12.4. The molecular formula is C19H20N4O3S. The third-order valence-electron chi connectivity index (χ3n) is 4.04. The van der Waals surface area contributed by atoms with E-state index in [1.165, 1.54) is 11.3 Å². The first-order chi connectivity index (χ1) is 13.1. The molecule has 0 bridgehead atoms. The summed E-state index contributed by atoms with van der Waals surface area (Å²) in [5.74, 6) is -0.488. The van der Waals surface area contributed by atoms with Crippen molar-refractivity contribution in [1.82, 2.24) is 10.3 Å². The molecule has 0 atom stereocenters. The monoisotopic (exact) mass is 384 g/mol. The van der Waals surface area contributed by atoms with Gasteiger partial charge in [0.15, 0.2) is 5.13 Å². The molecule has 8 heteroatoms. The highest BCUT2D eigenvalue weighted by Gasteiger charge is 2.24. The fourth-order valence-electron chi connectivity index (χ4n) is 2.76. The van der Waals surface area contributed by atoms with Crippen LogP contribution in [0, 0.1) is 0 Å². The van der Waals surface area contributed by atoms with Crippen LogP contribution in [0.1, 0.15) is 28.9 Å². The van der Waals surface area contributed by atoms with E-state index in [0.717, 1.165) is 6.42 Å². The predicted octanol–water partition coefficient (Wildman–Crippen LogP) is 2.37. The lowest BCUT2D eigenvalue weighted by Crippen LogP contribution is -2.25. The Morgan fingerprint density at radius 1 is 1.33 bits per heavy atom. The third-order valence-corrected chi connectivity index (χ3v) is 4.95. The number of anilines is 2. The first-order valence-electron chi connectivity index (χ1n) is 8.61. The molecule has 1 aliphatic rings. The van der Waals surface area contributed by atoms with Gasteiger partial charge in [0.1, 0.15) is 0 Å². The predicted molar refractivity (Wildman–Crippen MR) is 105 cm³/mol. The van der Waals surface area contributed by atoms with E-state index in [0.29, 0.717) is 41.6 Å². The fourth-order valence-corrected chi connectivity index (χ4v) is 3.63. The summed E-state index contributed by atoms with van der Waals surface area (Å²) in [5, 5.41) is 7.87. The molecule has 0 radical (unpaired) electrons. The van der Waals surface area contributed by atoms with Gasteiger partial charge in [-0.05, 0) is 18.6 Å². The van der Waals surface area contributed by atoms with Crippen molar-refractivity contribution in [3.63, 3.8) is 0 Å². The molecule has 2 heterocycles. The second-order valence-corrected chi connectivity index (χ2v) is 6.88. The van der Waals surface area contributed by atoms with Gasteiger partial charge in [-0.3, -0.25) is 19.3 Å². The van der Waals surface area contributed by atoms with Gasteiger partial charge in [-0.2, -0.15) is 0 Å². The van der Waals surface area contributed by atoms with E-state index in [4.69, 9.17) is 0 Å². The number of rotatable bonds is 7. The lowest BCUT2D eigenvalue weighted by molar-refractivity contribution is -0.117. The first kappa shape index (κ1) is 18.8. The van der Waals surface area contributed by atoms with Gasteiger partial charge >= 0.3 is 0 Å². The van der Waals surface area contributed by atoms with Crippen LogP contribution in [0.4, 0.5) is 10.8 Å². The molecule has 1 aliphatic heterocycles. The summed E-state index contributed by atoms with van der Waals surface area (Å²) in [7, 11) is 0. The lowest BCUT2D eigenvalue weighted by Gasteiger charge is -2.11. The summed E-state index contributed by atoms with van der Waals surface area (Å²) in [4.78, 5) is 42.4. The third kappa shape index (κ3) is 4.59. The maximum Gasteiger partial charge on any atom is 0.253 e. The fraction of sp³-hybridized carbons (Fsp3) is 0.263. The smallest absolute Gasteiger partial charge is 0.253 e. The number of benzene rings is 1. The van der Waals surface area contributed by atoms with Crippen molar-refractivity contribution in [3.05, 3.63) is 53.6 Å². The average Bonchev–Trinajstić information content (AvgIpc) is 3.28. The highest BCUT2D eigenvalue weighted by molar-refractivity contribution is 7.14. The Bertz CT molecular complexity index is 877. The molecule has 0 spiro atoms. The molecule has 7 nitrogen and oxygen atoms in total. The molecule has 1 aromatic heterocycles. The van der Waals surface area contributed by atoms with E-state index in [2.05, 4.69) is 22.2 Å². The van der Waals surface area contributed by atoms with E-state index in [-0.39, 0.29) is 24.1 Å². The molecule has 0 saturated carbocycles. The number of nitrogens with one attached hydrogen (secondary N) is 2. The van der Waals surface area contributed by atoms with Crippen LogP contribution < -0.4 is 15.5 Å². The Labute approximate surface area is 161 Å². The minimum Gasteiger partial charge on any atom is -0.349 e.